The van der Waals surface area contributed by atoms with Crippen molar-refractivity contribution in [2.45, 2.75) is 13.5 Å². The van der Waals surface area contributed by atoms with E-state index in [9.17, 15) is 14.9 Å². The Bertz CT molecular complexity index is 1230. The summed E-state index contributed by atoms with van der Waals surface area (Å²) in [6, 6.07) is 22.3. The SMILES string of the molecule is Cc1c(C(N)=O)cc(-c2ccc([N+](=O)[O-])cc2)n1Cc1cccc2ccccc12. The predicted molar refractivity (Wildman–Crippen MR) is 113 cm³/mol. The van der Waals surface area contributed by atoms with Crippen molar-refractivity contribution in [2.75, 3.05) is 0 Å². The van der Waals surface area contributed by atoms with Crippen LogP contribution in [-0.2, 0) is 6.54 Å². The van der Waals surface area contributed by atoms with Gasteiger partial charge in [0.05, 0.1) is 10.5 Å². The van der Waals surface area contributed by atoms with Crippen molar-refractivity contribution >= 4 is 22.4 Å². The largest absolute Gasteiger partial charge is 0.366 e. The van der Waals surface area contributed by atoms with Crippen LogP contribution in [0.3, 0.4) is 0 Å². The molecule has 144 valence electrons. The van der Waals surface area contributed by atoms with Crippen LogP contribution in [0, 0.1) is 17.0 Å². The van der Waals surface area contributed by atoms with Crippen molar-refractivity contribution in [2.24, 2.45) is 5.73 Å². The van der Waals surface area contributed by atoms with E-state index >= 15 is 0 Å². The quantitative estimate of drug-likeness (QED) is 0.400. The van der Waals surface area contributed by atoms with Crippen LogP contribution in [0.5, 0.6) is 0 Å². The summed E-state index contributed by atoms with van der Waals surface area (Å²) in [5.41, 5.74) is 9.49. The summed E-state index contributed by atoms with van der Waals surface area (Å²) in [6.07, 6.45) is 0. The molecule has 1 aromatic heterocycles. The fourth-order valence-corrected chi connectivity index (χ4v) is 3.69. The molecule has 0 spiro atoms. The highest BCUT2D eigenvalue weighted by Gasteiger charge is 2.18. The fraction of sp³-hybridized carbons (Fsp3) is 0.0870. The number of carbonyl (C=O) groups is 1. The van der Waals surface area contributed by atoms with Gasteiger partial charge >= 0.3 is 0 Å². The zero-order chi connectivity index (χ0) is 20.5. The number of aromatic nitrogens is 1. The number of non-ortho nitro benzene ring substituents is 1. The number of rotatable bonds is 5. The molecule has 6 nitrogen and oxygen atoms in total. The number of hydrogen-bond donors (Lipinski definition) is 1. The number of benzene rings is 3. The second kappa shape index (κ2) is 7.24. The van der Waals surface area contributed by atoms with Gasteiger partial charge in [0, 0.05) is 30.1 Å². The summed E-state index contributed by atoms with van der Waals surface area (Å²) in [4.78, 5) is 22.5. The Balaban J connectivity index is 1.85. The number of carbonyl (C=O) groups excluding carboxylic acids is 1. The highest BCUT2D eigenvalue weighted by molar-refractivity contribution is 5.96. The van der Waals surface area contributed by atoms with Gasteiger partial charge in [0.25, 0.3) is 11.6 Å². The van der Waals surface area contributed by atoms with E-state index in [1.54, 1.807) is 18.2 Å². The lowest BCUT2D eigenvalue weighted by Gasteiger charge is -2.14. The average Bonchev–Trinajstić information content (AvgIpc) is 3.05. The van der Waals surface area contributed by atoms with E-state index in [2.05, 4.69) is 24.3 Å². The molecule has 4 rings (SSSR count). The summed E-state index contributed by atoms with van der Waals surface area (Å²) in [5, 5.41) is 13.2. The lowest BCUT2D eigenvalue weighted by molar-refractivity contribution is -0.384. The highest BCUT2D eigenvalue weighted by Crippen LogP contribution is 2.29. The average molecular weight is 385 g/mol. The molecule has 0 aliphatic rings. The number of amides is 1. The second-order valence-electron chi connectivity index (χ2n) is 6.92. The van der Waals surface area contributed by atoms with Crippen LogP contribution < -0.4 is 5.73 Å². The van der Waals surface area contributed by atoms with Crippen LogP contribution in [0.4, 0.5) is 5.69 Å². The molecule has 1 heterocycles. The van der Waals surface area contributed by atoms with Crippen molar-refractivity contribution in [3.8, 4) is 11.3 Å². The Morgan fingerprint density at radius 3 is 2.41 bits per heavy atom. The van der Waals surface area contributed by atoms with Gasteiger partial charge in [-0.25, -0.2) is 0 Å². The highest BCUT2D eigenvalue weighted by atomic mass is 16.6. The van der Waals surface area contributed by atoms with E-state index in [-0.39, 0.29) is 5.69 Å². The molecule has 0 atom stereocenters. The number of primary amides is 1. The minimum absolute atomic E-state index is 0.0211. The Morgan fingerprint density at radius 2 is 1.72 bits per heavy atom. The second-order valence-corrected chi connectivity index (χ2v) is 6.92. The number of nitrogens with two attached hydrogens (primary N) is 1. The Kier molecular flexibility index (Phi) is 4.60. The molecule has 0 saturated heterocycles. The maximum absolute atomic E-state index is 11.9. The van der Waals surface area contributed by atoms with Crippen LogP contribution in [-0.4, -0.2) is 15.4 Å². The van der Waals surface area contributed by atoms with Crippen LogP contribution in [0.25, 0.3) is 22.0 Å². The van der Waals surface area contributed by atoms with Gasteiger partial charge in [0.15, 0.2) is 0 Å². The Labute approximate surface area is 167 Å². The first kappa shape index (κ1) is 18.4. The van der Waals surface area contributed by atoms with Gasteiger partial charge in [-0.1, -0.05) is 42.5 Å². The standard InChI is InChI=1S/C23H19N3O3/c1-15-21(23(24)27)13-22(17-9-11-19(12-10-17)26(28)29)25(15)14-18-7-4-6-16-5-2-3-8-20(16)18/h2-13H,14H2,1H3,(H2,24,27). The molecular formula is C23H19N3O3. The monoisotopic (exact) mass is 385 g/mol. The van der Waals surface area contributed by atoms with Crippen LogP contribution >= 0.6 is 0 Å². The van der Waals surface area contributed by atoms with Crippen LogP contribution in [0.1, 0.15) is 21.6 Å². The smallest absolute Gasteiger partial charge is 0.269 e. The normalized spacial score (nSPS) is 10.9. The van der Waals surface area contributed by atoms with E-state index in [1.807, 2.05) is 29.7 Å². The van der Waals surface area contributed by atoms with Gasteiger partial charge in [-0.05, 0) is 47.0 Å². The van der Waals surface area contributed by atoms with Gasteiger partial charge in [-0.15, -0.1) is 0 Å². The maximum Gasteiger partial charge on any atom is 0.269 e. The van der Waals surface area contributed by atoms with Gasteiger partial charge in [-0.3, -0.25) is 14.9 Å². The van der Waals surface area contributed by atoms with E-state index in [4.69, 9.17) is 5.73 Å². The molecular weight excluding hydrogens is 366 g/mol. The molecule has 6 heteroatoms. The summed E-state index contributed by atoms with van der Waals surface area (Å²) >= 11 is 0. The summed E-state index contributed by atoms with van der Waals surface area (Å²) in [7, 11) is 0. The van der Waals surface area contributed by atoms with Gasteiger partial charge in [0.1, 0.15) is 0 Å². The molecule has 0 saturated carbocycles. The van der Waals surface area contributed by atoms with Crippen molar-refractivity contribution in [3.05, 3.63) is 99.7 Å². The number of fused-ring (bicyclic) bond motifs is 1. The van der Waals surface area contributed by atoms with Crippen molar-refractivity contribution in [3.63, 3.8) is 0 Å². The van der Waals surface area contributed by atoms with E-state index < -0.39 is 10.8 Å². The molecule has 0 radical (unpaired) electrons. The zero-order valence-electron chi connectivity index (χ0n) is 15.8. The molecule has 3 aromatic carbocycles. The molecule has 0 unspecified atom stereocenters. The Morgan fingerprint density at radius 1 is 1.03 bits per heavy atom. The summed E-state index contributed by atoms with van der Waals surface area (Å²) in [5.74, 6) is -0.498. The number of hydrogen-bond acceptors (Lipinski definition) is 3. The van der Waals surface area contributed by atoms with E-state index in [0.717, 1.165) is 33.3 Å². The topological polar surface area (TPSA) is 91.2 Å². The summed E-state index contributed by atoms with van der Waals surface area (Å²) < 4.78 is 2.03. The number of nitrogens with zero attached hydrogens (tertiary/aromatic N) is 2. The zero-order valence-corrected chi connectivity index (χ0v) is 15.8. The van der Waals surface area contributed by atoms with Crippen molar-refractivity contribution in [1.82, 2.24) is 4.57 Å². The van der Waals surface area contributed by atoms with E-state index in [0.29, 0.717) is 12.1 Å². The van der Waals surface area contributed by atoms with Crippen LogP contribution in [0.15, 0.2) is 72.8 Å². The lowest BCUT2D eigenvalue weighted by Crippen LogP contribution is -2.12. The number of nitro groups is 1. The van der Waals surface area contributed by atoms with Gasteiger partial charge in [0.2, 0.25) is 0 Å². The molecule has 2 N–H and O–H groups in total. The molecule has 0 aliphatic heterocycles. The van der Waals surface area contributed by atoms with Crippen molar-refractivity contribution in [1.29, 1.82) is 0 Å². The van der Waals surface area contributed by atoms with Crippen molar-refractivity contribution < 1.29 is 9.72 Å². The molecule has 0 aliphatic carbocycles. The molecule has 4 aromatic rings. The van der Waals surface area contributed by atoms with Gasteiger partial charge < -0.3 is 10.3 Å². The van der Waals surface area contributed by atoms with Gasteiger partial charge in [-0.2, -0.15) is 0 Å². The molecule has 0 fully saturated rings. The fourth-order valence-electron chi connectivity index (χ4n) is 3.69. The third-order valence-electron chi connectivity index (χ3n) is 5.21. The third-order valence-corrected chi connectivity index (χ3v) is 5.21. The first-order chi connectivity index (χ1) is 14.0. The van der Waals surface area contributed by atoms with Crippen LogP contribution in [0.2, 0.25) is 0 Å². The van der Waals surface area contributed by atoms with E-state index in [1.165, 1.54) is 12.1 Å². The first-order valence-corrected chi connectivity index (χ1v) is 9.17. The minimum Gasteiger partial charge on any atom is -0.366 e. The molecule has 0 bridgehead atoms. The Hall–Kier alpha value is -3.93. The molecule has 29 heavy (non-hydrogen) atoms. The predicted octanol–water partition coefficient (Wildman–Crippen LogP) is 4.67. The minimum atomic E-state index is -0.498. The third kappa shape index (κ3) is 3.36. The summed E-state index contributed by atoms with van der Waals surface area (Å²) in [6.45, 7) is 2.41. The lowest BCUT2D eigenvalue weighted by atomic mass is 10.0. The molecule has 1 amide bonds. The maximum atomic E-state index is 11.9. The number of nitro benzene ring substituents is 1. The first-order valence-electron chi connectivity index (χ1n) is 9.17.